The van der Waals surface area contributed by atoms with Crippen molar-refractivity contribution in [3.8, 4) is 0 Å². The molecule has 4 rings (SSSR count). The number of nitrogens with two attached hydrogens (primary N) is 5. The SMILES string of the molecule is NCCCCC(=O)N[C@@H](CCCN=C(N)N)C(=O)N1CCC[C@H]1C(=O)N1CCC[C@H]1C(=O)NCC(=O)N[C@@H](Cc1ccccc1)C(=O)N[C@@H](Cc1ccccc1)C(=O)N[C@@H](CCCN=C(N)N)C(=O)O. The maximum atomic E-state index is 14.2. The molecule has 70 heavy (non-hydrogen) atoms. The predicted molar refractivity (Wildman–Crippen MR) is 261 cm³/mol. The fraction of sp³-hybridized carbons (Fsp3) is 0.532. The van der Waals surface area contributed by atoms with Gasteiger partial charge in [0.25, 0.3) is 0 Å². The summed E-state index contributed by atoms with van der Waals surface area (Å²) in [7, 11) is 0. The van der Waals surface area contributed by atoms with Gasteiger partial charge in [0.15, 0.2) is 11.9 Å². The average Bonchev–Trinajstić information content (AvgIpc) is 4.04. The summed E-state index contributed by atoms with van der Waals surface area (Å²) in [6, 6.07) is 11.0. The third-order valence-corrected chi connectivity index (χ3v) is 11.9. The molecule has 0 aliphatic carbocycles. The molecule has 0 bridgehead atoms. The average molecular weight is 975 g/mol. The van der Waals surface area contributed by atoms with E-state index in [1.807, 2.05) is 0 Å². The van der Waals surface area contributed by atoms with Crippen LogP contribution in [0.4, 0.5) is 0 Å². The zero-order chi connectivity index (χ0) is 51.0. The molecule has 2 aromatic carbocycles. The summed E-state index contributed by atoms with van der Waals surface area (Å²) in [4.78, 5) is 119. The minimum atomic E-state index is -1.33. The third kappa shape index (κ3) is 18.3. The van der Waals surface area contributed by atoms with Crippen molar-refractivity contribution in [1.29, 1.82) is 0 Å². The predicted octanol–water partition coefficient (Wildman–Crippen LogP) is -2.17. The highest BCUT2D eigenvalue weighted by Crippen LogP contribution is 2.26. The van der Waals surface area contributed by atoms with Crippen LogP contribution in [0.3, 0.4) is 0 Å². The molecule has 0 unspecified atom stereocenters. The van der Waals surface area contributed by atoms with Crippen LogP contribution >= 0.6 is 0 Å². The highest BCUT2D eigenvalue weighted by atomic mass is 16.4. The molecule has 2 heterocycles. The van der Waals surface area contributed by atoms with E-state index in [4.69, 9.17) is 28.7 Å². The van der Waals surface area contributed by atoms with E-state index in [0.29, 0.717) is 62.6 Å². The van der Waals surface area contributed by atoms with Crippen molar-refractivity contribution in [2.75, 3.05) is 39.3 Å². The van der Waals surface area contributed by atoms with Crippen LogP contribution in [0.15, 0.2) is 70.6 Å². The number of carbonyl (C=O) groups excluding carboxylic acids is 7. The number of likely N-dealkylation sites (tertiary alicyclic amines) is 2. The number of hydrogen-bond donors (Lipinski definition) is 11. The Kier molecular flexibility index (Phi) is 22.8. The first kappa shape index (κ1) is 55.3. The number of amides is 7. The van der Waals surface area contributed by atoms with E-state index < -0.39 is 84.2 Å². The topological polar surface area (TPSA) is 378 Å². The minimum absolute atomic E-state index is 0.00472. The third-order valence-electron chi connectivity index (χ3n) is 11.9. The molecule has 382 valence electrons. The summed E-state index contributed by atoms with van der Waals surface area (Å²) >= 11 is 0. The van der Waals surface area contributed by atoms with Gasteiger partial charge in [-0.25, -0.2) is 4.79 Å². The summed E-state index contributed by atoms with van der Waals surface area (Å²) < 4.78 is 0. The minimum Gasteiger partial charge on any atom is -0.480 e. The van der Waals surface area contributed by atoms with Gasteiger partial charge in [-0.15, -0.1) is 0 Å². The number of unbranched alkanes of at least 4 members (excludes halogenated alkanes) is 1. The van der Waals surface area contributed by atoms with E-state index >= 15 is 0 Å². The van der Waals surface area contributed by atoms with Gasteiger partial charge in [0.05, 0.1) is 6.54 Å². The molecule has 0 saturated carbocycles. The quantitative estimate of drug-likeness (QED) is 0.0246. The van der Waals surface area contributed by atoms with Gasteiger partial charge >= 0.3 is 5.97 Å². The molecular weight excluding hydrogens is 905 g/mol. The van der Waals surface area contributed by atoms with Crippen LogP contribution < -0.4 is 55.3 Å². The maximum Gasteiger partial charge on any atom is 0.326 e. The number of aliphatic carboxylic acids is 1. The van der Waals surface area contributed by atoms with Crippen LogP contribution in [0.5, 0.6) is 0 Å². The first-order chi connectivity index (χ1) is 33.6. The Balaban J connectivity index is 1.44. The van der Waals surface area contributed by atoms with Gasteiger partial charge in [0.2, 0.25) is 41.4 Å². The fourth-order valence-corrected chi connectivity index (χ4v) is 8.39. The molecule has 2 aromatic rings. The van der Waals surface area contributed by atoms with Crippen molar-refractivity contribution in [1.82, 2.24) is 36.4 Å². The fourth-order valence-electron chi connectivity index (χ4n) is 8.39. The van der Waals surface area contributed by atoms with E-state index in [1.165, 1.54) is 9.80 Å². The van der Waals surface area contributed by atoms with E-state index in [0.717, 1.165) is 0 Å². The molecule has 2 fully saturated rings. The van der Waals surface area contributed by atoms with Crippen LogP contribution in [0.2, 0.25) is 0 Å². The number of rotatable bonds is 28. The zero-order valence-electron chi connectivity index (χ0n) is 39.6. The first-order valence-corrected chi connectivity index (χ1v) is 23.8. The molecule has 23 heteroatoms. The second kappa shape index (κ2) is 28.9. The number of guanidine groups is 2. The number of benzene rings is 2. The Morgan fingerprint density at radius 2 is 1.11 bits per heavy atom. The lowest BCUT2D eigenvalue weighted by Gasteiger charge is -2.33. The zero-order valence-corrected chi connectivity index (χ0v) is 39.6. The molecular formula is C47H70N14O9. The van der Waals surface area contributed by atoms with Crippen molar-refractivity contribution >= 4 is 59.2 Å². The highest BCUT2D eigenvalue weighted by molar-refractivity contribution is 5.97. The van der Waals surface area contributed by atoms with Gasteiger partial charge in [-0.1, -0.05) is 60.7 Å². The highest BCUT2D eigenvalue weighted by Gasteiger charge is 2.43. The van der Waals surface area contributed by atoms with Crippen molar-refractivity contribution < 1.29 is 43.5 Å². The van der Waals surface area contributed by atoms with Crippen LogP contribution in [0.1, 0.15) is 81.8 Å². The molecule has 6 atom stereocenters. The number of carbonyl (C=O) groups is 8. The number of aliphatic imine (C=N–C) groups is 2. The number of nitrogens with zero attached hydrogens (tertiary/aromatic N) is 4. The van der Waals surface area contributed by atoms with E-state index in [9.17, 15) is 43.5 Å². The van der Waals surface area contributed by atoms with E-state index in [1.54, 1.807) is 60.7 Å². The Bertz CT molecular complexity index is 2140. The molecule has 2 saturated heterocycles. The molecule has 2 aliphatic rings. The molecule has 7 amide bonds. The Hall–Kier alpha value is -7.30. The molecule has 16 N–H and O–H groups in total. The Morgan fingerprint density at radius 3 is 1.66 bits per heavy atom. The molecule has 0 aromatic heterocycles. The van der Waals surface area contributed by atoms with E-state index in [2.05, 4.69) is 36.6 Å². The lowest BCUT2D eigenvalue weighted by molar-refractivity contribution is -0.148. The maximum absolute atomic E-state index is 14.2. The van der Waals surface area contributed by atoms with Crippen LogP contribution in [-0.4, -0.2) is 150 Å². The lowest BCUT2D eigenvalue weighted by atomic mass is 10.0. The number of carboxylic acid groups (broad SMARTS) is 1. The summed E-state index contributed by atoms with van der Waals surface area (Å²) in [6.45, 7) is 0.740. The van der Waals surface area contributed by atoms with Crippen LogP contribution in [0.25, 0.3) is 0 Å². The summed E-state index contributed by atoms with van der Waals surface area (Å²) in [5.74, 6) is -5.58. The molecule has 0 radical (unpaired) electrons. The molecule has 23 nitrogen and oxygen atoms in total. The number of nitrogens with one attached hydrogen (secondary N) is 5. The van der Waals surface area contributed by atoms with Gasteiger partial charge in [-0.2, -0.15) is 0 Å². The lowest BCUT2D eigenvalue weighted by Crippen LogP contribution is -2.58. The van der Waals surface area contributed by atoms with Gasteiger partial charge in [0.1, 0.15) is 36.3 Å². The normalized spacial score (nSPS) is 16.9. The number of hydrogen-bond acceptors (Lipinski definition) is 11. The van der Waals surface area contributed by atoms with Gasteiger partial charge < -0.3 is 70.2 Å². The summed E-state index contributed by atoms with van der Waals surface area (Å²) in [5, 5.41) is 23.2. The number of carboxylic acids is 1. The second-order valence-corrected chi connectivity index (χ2v) is 17.3. The standard InChI is InChI=1S/C47H70N14O9/c48-22-8-7-21-38(62)56-32(17-9-23-53-46(49)50)43(67)61-26-12-20-37(61)44(68)60-25-11-19-36(60)42(66)55-29-39(63)57-34(27-30-13-3-1-4-14-30)40(64)59-35(28-31-15-5-2-6-16-31)41(65)58-33(45(69)70)18-10-24-54-47(51)52/h1-6,13-16,32-37H,7-12,17-29,48H2,(H,55,66)(H,56,62)(H,57,63)(H,58,65)(H,59,64)(H,69,70)(H4,49,50,53)(H4,51,52,54)/t32-,33-,34-,35-,36-,37-/m0/s1. The van der Waals surface area contributed by atoms with Gasteiger partial charge in [-0.3, -0.25) is 43.5 Å². The first-order valence-electron chi connectivity index (χ1n) is 23.8. The van der Waals surface area contributed by atoms with Crippen molar-refractivity contribution in [3.63, 3.8) is 0 Å². The van der Waals surface area contributed by atoms with E-state index in [-0.39, 0.29) is 82.5 Å². The second-order valence-electron chi connectivity index (χ2n) is 17.3. The van der Waals surface area contributed by atoms with Crippen LogP contribution in [0, 0.1) is 0 Å². The Morgan fingerprint density at radius 1 is 0.614 bits per heavy atom. The van der Waals surface area contributed by atoms with Gasteiger partial charge in [-0.05, 0) is 81.9 Å². The smallest absolute Gasteiger partial charge is 0.326 e. The van der Waals surface area contributed by atoms with Crippen molar-refractivity contribution in [2.24, 2.45) is 38.7 Å². The Labute approximate surface area is 407 Å². The molecule has 2 aliphatic heterocycles. The largest absolute Gasteiger partial charge is 0.480 e. The van der Waals surface area contributed by atoms with Gasteiger partial charge in [0, 0.05) is 45.4 Å². The van der Waals surface area contributed by atoms with Crippen LogP contribution in [-0.2, 0) is 51.2 Å². The summed E-state index contributed by atoms with van der Waals surface area (Å²) in [5.41, 5.74) is 28.6. The van der Waals surface area contributed by atoms with Crippen molar-refractivity contribution in [2.45, 2.75) is 120 Å². The molecule has 0 spiro atoms. The summed E-state index contributed by atoms with van der Waals surface area (Å²) in [6.07, 6.45) is 3.85. The van der Waals surface area contributed by atoms with Crippen molar-refractivity contribution in [3.05, 3.63) is 71.8 Å². The monoisotopic (exact) mass is 975 g/mol.